The molecule has 29 heavy (non-hydrogen) atoms. The summed E-state index contributed by atoms with van der Waals surface area (Å²) >= 11 is 0. The van der Waals surface area contributed by atoms with Crippen LogP contribution >= 0.6 is 0 Å². The zero-order valence-electron chi connectivity index (χ0n) is 17.6. The molecule has 8 heteroatoms. The van der Waals surface area contributed by atoms with Gasteiger partial charge in [-0.25, -0.2) is 4.79 Å². The summed E-state index contributed by atoms with van der Waals surface area (Å²) in [5, 5.41) is 8.19. The van der Waals surface area contributed by atoms with Crippen molar-refractivity contribution in [3.05, 3.63) is 36.2 Å². The van der Waals surface area contributed by atoms with Gasteiger partial charge in [-0.1, -0.05) is 19.9 Å². The van der Waals surface area contributed by atoms with Crippen molar-refractivity contribution in [3.63, 3.8) is 0 Å². The molecular formula is C21H29N3O5. The van der Waals surface area contributed by atoms with Crippen LogP contribution in [0, 0.1) is 5.92 Å². The Morgan fingerprint density at radius 3 is 2.72 bits per heavy atom. The number of carbonyl (C=O) groups excluding carboxylic acids is 2. The number of rotatable bonds is 10. The minimum absolute atomic E-state index is 0.155. The molecule has 0 saturated heterocycles. The topological polar surface area (TPSA) is 91.7 Å². The van der Waals surface area contributed by atoms with Gasteiger partial charge in [-0.15, -0.1) is 0 Å². The fourth-order valence-corrected chi connectivity index (χ4v) is 2.91. The van der Waals surface area contributed by atoms with Crippen LogP contribution in [0.2, 0.25) is 0 Å². The van der Waals surface area contributed by atoms with Crippen LogP contribution in [0.4, 0.5) is 0 Å². The second-order valence-electron chi connectivity index (χ2n) is 7.01. The van der Waals surface area contributed by atoms with E-state index in [1.54, 1.807) is 23.9 Å². The number of benzene rings is 1. The average Bonchev–Trinajstić information content (AvgIpc) is 3.06. The Balaban J connectivity index is 2.24. The first kappa shape index (κ1) is 22.4. The Bertz CT molecular complexity index is 872. The monoisotopic (exact) mass is 403 g/mol. The zero-order chi connectivity index (χ0) is 21.4. The van der Waals surface area contributed by atoms with Crippen LogP contribution < -0.4 is 10.1 Å². The van der Waals surface area contributed by atoms with Gasteiger partial charge in [0.1, 0.15) is 17.6 Å². The molecule has 1 atom stereocenters. The van der Waals surface area contributed by atoms with E-state index < -0.39 is 12.0 Å². The summed E-state index contributed by atoms with van der Waals surface area (Å²) in [5.41, 5.74) is 0.901. The highest BCUT2D eigenvalue weighted by Gasteiger charge is 2.21. The lowest BCUT2D eigenvalue weighted by atomic mass is 10.0. The van der Waals surface area contributed by atoms with Crippen LogP contribution in [0.15, 0.2) is 36.2 Å². The van der Waals surface area contributed by atoms with Crippen LogP contribution in [0.3, 0.4) is 0 Å². The Morgan fingerprint density at radius 1 is 1.31 bits per heavy atom. The quantitative estimate of drug-likeness (QED) is 0.370. The number of methoxy groups -OCH3 is 1. The fourth-order valence-electron chi connectivity index (χ4n) is 2.91. The zero-order valence-corrected chi connectivity index (χ0v) is 17.6. The molecule has 2 aromatic rings. The third kappa shape index (κ3) is 6.32. The number of nitrogens with zero attached hydrogens (tertiary/aromatic N) is 2. The van der Waals surface area contributed by atoms with Gasteiger partial charge in [-0.3, -0.25) is 14.8 Å². The highest BCUT2D eigenvalue weighted by Crippen LogP contribution is 2.26. The van der Waals surface area contributed by atoms with E-state index in [1.807, 2.05) is 33.0 Å². The lowest BCUT2D eigenvalue weighted by Crippen LogP contribution is -2.40. The van der Waals surface area contributed by atoms with Gasteiger partial charge < -0.3 is 14.2 Å². The van der Waals surface area contributed by atoms with Crippen molar-refractivity contribution in [2.45, 2.75) is 33.2 Å². The number of nitrogens with one attached hydrogen (secondary N) is 1. The SMILES string of the molecule is CCOC(=O)C=C(CN[C@@H](CC(C)C)C(=O)OC)Oc1cccc2c1cnn2C. The smallest absolute Gasteiger partial charge is 0.334 e. The van der Waals surface area contributed by atoms with E-state index in [1.165, 1.54) is 13.2 Å². The molecule has 0 bridgehead atoms. The van der Waals surface area contributed by atoms with Gasteiger partial charge in [0, 0.05) is 7.05 Å². The van der Waals surface area contributed by atoms with E-state index in [0.29, 0.717) is 17.9 Å². The van der Waals surface area contributed by atoms with Gasteiger partial charge in [0.2, 0.25) is 0 Å². The molecule has 1 heterocycles. The van der Waals surface area contributed by atoms with Gasteiger partial charge in [0.15, 0.2) is 0 Å². The minimum Gasteiger partial charge on any atom is -0.468 e. The number of hydrogen-bond donors (Lipinski definition) is 1. The van der Waals surface area contributed by atoms with Gasteiger partial charge in [0.05, 0.1) is 43.4 Å². The Labute approximate surface area is 170 Å². The van der Waals surface area contributed by atoms with E-state index in [4.69, 9.17) is 14.2 Å². The summed E-state index contributed by atoms with van der Waals surface area (Å²) in [4.78, 5) is 24.1. The molecule has 1 N–H and O–H groups in total. The van der Waals surface area contributed by atoms with Crippen LogP contribution in [0.1, 0.15) is 27.2 Å². The van der Waals surface area contributed by atoms with Crippen molar-refractivity contribution >= 4 is 22.8 Å². The second-order valence-corrected chi connectivity index (χ2v) is 7.01. The molecule has 0 radical (unpaired) electrons. The van der Waals surface area contributed by atoms with E-state index >= 15 is 0 Å². The number of aryl methyl sites for hydroxylation is 1. The lowest BCUT2D eigenvalue weighted by molar-refractivity contribution is -0.143. The molecule has 8 nitrogen and oxygen atoms in total. The van der Waals surface area contributed by atoms with Gasteiger partial charge >= 0.3 is 11.9 Å². The van der Waals surface area contributed by atoms with Crippen molar-refractivity contribution in [1.82, 2.24) is 15.1 Å². The molecule has 1 aromatic heterocycles. The molecular weight excluding hydrogens is 374 g/mol. The highest BCUT2D eigenvalue weighted by atomic mass is 16.5. The third-order valence-electron chi connectivity index (χ3n) is 4.27. The predicted octanol–water partition coefficient (Wildman–Crippen LogP) is 2.58. The normalized spacial score (nSPS) is 12.8. The molecule has 2 rings (SSSR count). The van der Waals surface area contributed by atoms with Crippen molar-refractivity contribution < 1.29 is 23.8 Å². The molecule has 0 aliphatic heterocycles. The standard InChI is InChI=1S/C21H29N3O5/c1-6-28-20(25)11-15(12-22-17(10-14(2)3)21(26)27-5)29-19-9-7-8-18-16(19)13-23-24(18)4/h7-9,11,13-14,17,22H,6,10,12H2,1-5H3/t17-/m0/s1. The maximum Gasteiger partial charge on any atom is 0.334 e. The first-order valence-corrected chi connectivity index (χ1v) is 9.62. The van der Waals surface area contributed by atoms with E-state index in [-0.39, 0.29) is 25.0 Å². The number of esters is 2. The summed E-state index contributed by atoms with van der Waals surface area (Å²) in [7, 11) is 3.20. The second kappa shape index (κ2) is 10.6. The lowest BCUT2D eigenvalue weighted by Gasteiger charge is -2.19. The van der Waals surface area contributed by atoms with Gasteiger partial charge in [0.25, 0.3) is 0 Å². The first-order chi connectivity index (χ1) is 13.8. The summed E-state index contributed by atoms with van der Waals surface area (Å²) < 4.78 is 17.7. The average molecular weight is 403 g/mol. The van der Waals surface area contributed by atoms with E-state index in [2.05, 4.69) is 10.4 Å². The molecule has 0 aliphatic rings. The third-order valence-corrected chi connectivity index (χ3v) is 4.27. The van der Waals surface area contributed by atoms with Crippen molar-refractivity contribution in [3.8, 4) is 5.75 Å². The molecule has 0 fully saturated rings. The molecule has 0 amide bonds. The number of aromatic nitrogens is 2. The van der Waals surface area contributed by atoms with Crippen LogP contribution in [0.5, 0.6) is 5.75 Å². The maximum absolute atomic E-state index is 12.1. The number of hydrogen-bond acceptors (Lipinski definition) is 7. The van der Waals surface area contributed by atoms with Crippen LogP contribution in [-0.2, 0) is 26.1 Å². The van der Waals surface area contributed by atoms with Gasteiger partial charge in [-0.05, 0) is 31.4 Å². The molecule has 0 spiro atoms. The van der Waals surface area contributed by atoms with E-state index in [9.17, 15) is 9.59 Å². The molecule has 158 valence electrons. The van der Waals surface area contributed by atoms with Crippen molar-refractivity contribution in [2.75, 3.05) is 20.3 Å². The maximum atomic E-state index is 12.1. The summed E-state index contributed by atoms with van der Waals surface area (Å²) in [6, 6.07) is 5.07. The Hall–Kier alpha value is -2.87. The summed E-state index contributed by atoms with van der Waals surface area (Å²) in [6.07, 6.45) is 3.59. The predicted molar refractivity (Wildman–Crippen MR) is 109 cm³/mol. The largest absolute Gasteiger partial charge is 0.468 e. The van der Waals surface area contributed by atoms with Crippen molar-refractivity contribution in [2.24, 2.45) is 13.0 Å². The molecule has 0 aliphatic carbocycles. The highest BCUT2D eigenvalue weighted by molar-refractivity contribution is 5.86. The van der Waals surface area contributed by atoms with Crippen molar-refractivity contribution in [1.29, 1.82) is 0 Å². The van der Waals surface area contributed by atoms with E-state index in [0.717, 1.165) is 10.9 Å². The Morgan fingerprint density at radius 2 is 2.07 bits per heavy atom. The first-order valence-electron chi connectivity index (χ1n) is 9.62. The summed E-state index contributed by atoms with van der Waals surface area (Å²) in [6.45, 7) is 6.18. The molecule has 0 unspecified atom stereocenters. The number of ether oxygens (including phenoxy) is 3. The van der Waals surface area contributed by atoms with Crippen LogP contribution in [0.25, 0.3) is 10.9 Å². The fraction of sp³-hybridized carbons (Fsp3) is 0.476. The molecule has 0 saturated carbocycles. The van der Waals surface area contributed by atoms with Gasteiger partial charge in [-0.2, -0.15) is 5.10 Å². The Kier molecular flexibility index (Phi) is 8.21. The number of fused-ring (bicyclic) bond motifs is 1. The molecule has 1 aromatic carbocycles. The minimum atomic E-state index is -0.513. The number of carbonyl (C=O) groups is 2. The van der Waals surface area contributed by atoms with Crippen LogP contribution in [-0.4, -0.2) is 48.0 Å². The summed E-state index contributed by atoms with van der Waals surface area (Å²) in [5.74, 6) is 0.308.